The summed E-state index contributed by atoms with van der Waals surface area (Å²) in [6, 6.07) is 0. The van der Waals surface area contributed by atoms with E-state index in [-0.39, 0.29) is 12.3 Å². The smallest absolute Gasteiger partial charge is 0.303 e. The number of carboxylic acids is 1. The number of aliphatic hydroxyl groups excluding tert-OH is 1. The molecule has 0 aromatic carbocycles. The Bertz CT molecular complexity index is 123. The van der Waals surface area contributed by atoms with Gasteiger partial charge in [-0.25, -0.2) is 0 Å². The molecule has 0 spiro atoms. The summed E-state index contributed by atoms with van der Waals surface area (Å²) < 4.78 is 0. The van der Waals surface area contributed by atoms with Crippen LogP contribution in [0.3, 0.4) is 0 Å². The van der Waals surface area contributed by atoms with E-state index >= 15 is 0 Å². The molecule has 0 saturated carbocycles. The molecule has 11 heavy (non-hydrogen) atoms. The lowest BCUT2D eigenvalue weighted by atomic mass is 9.94. The minimum atomic E-state index is -0.829. The molecule has 0 aliphatic carbocycles. The van der Waals surface area contributed by atoms with Crippen LogP contribution in [0.4, 0.5) is 0 Å². The molecule has 2 N–H and O–H groups in total. The second-order valence-electron chi connectivity index (χ2n) is 2.74. The van der Waals surface area contributed by atoms with Gasteiger partial charge in [0.25, 0.3) is 0 Å². The summed E-state index contributed by atoms with van der Waals surface area (Å²) in [6.45, 7) is 3.75. The fraction of sp³-hybridized carbons (Fsp3) is 0.875. The molecule has 3 nitrogen and oxygen atoms in total. The fourth-order valence-electron chi connectivity index (χ4n) is 1.11. The highest BCUT2D eigenvalue weighted by atomic mass is 16.4. The van der Waals surface area contributed by atoms with Gasteiger partial charge in [0.1, 0.15) is 0 Å². The summed E-state index contributed by atoms with van der Waals surface area (Å²) in [5.41, 5.74) is 0. The predicted molar refractivity (Wildman–Crippen MR) is 42.3 cm³/mol. The first-order valence-electron chi connectivity index (χ1n) is 4.01. The maximum Gasteiger partial charge on any atom is 0.303 e. The standard InChI is InChI=1S/C8H16O3/c1-3-6(5-8(10)11)7(9)4-2/h6-7,9H,3-5H2,1-2H3,(H,10,11). The number of rotatable bonds is 5. The first kappa shape index (κ1) is 10.4. The Hall–Kier alpha value is -0.570. The van der Waals surface area contributed by atoms with Gasteiger partial charge in [0, 0.05) is 0 Å². The molecule has 3 heteroatoms. The van der Waals surface area contributed by atoms with Crippen LogP contribution in [-0.4, -0.2) is 22.3 Å². The molecule has 0 radical (unpaired) electrons. The third-order valence-electron chi connectivity index (χ3n) is 1.92. The van der Waals surface area contributed by atoms with Crippen molar-refractivity contribution in [3.8, 4) is 0 Å². The van der Waals surface area contributed by atoms with Crippen LogP contribution in [-0.2, 0) is 4.79 Å². The lowest BCUT2D eigenvalue weighted by Gasteiger charge is -2.17. The van der Waals surface area contributed by atoms with Crippen LogP contribution >= 0.6 is 0 Å². The van der Waals surface area contributed by atoms with Gasteiger partial charge in [-0.3, -0.25) is 4.79 Å². The molecule has 0 heterocycles. The highest BCUT2D eigenvalue weighted by Crippen LogP contribution is 2.15. The van der Waals surface area contributed by atoms with E-state index in [0.29, 0.717) is 6.42 Å². The van der Waals surface area contributed by atoms with Gasteiger partial charge in [-0.15, -0.1) is 0 Å². The summed E-state index contributed by atoms with van der Waals surface area (Å²) in [7, 11) is 0. The summed E-state index contributed by atoms with van der Waals surface area (Å²) in [5, 5.41) is 17.8. The van der Waals surface area contributed by atoms with Gasteiger partial charge < -0.3 is 10.2 Å². The molecule has 0 aliphatic heterocycles. The second-order valence-corrected chi connectivity index (χ2v) is 2.74. The third kappa shape index (κ3) is 3.98. The Labute approximate surface area is 67.0 Å². The minimum Gasteiger partial charge on any atom is -0.481 e. The van der Waals surface area contributed by atoms with Gasteiger partial charge in [0.15, 0.2) is 0 Å². The van der Waals surface area contributed by atoms with E-state index in [9.17, 15) is 9.90 Å². The van der Waals surface area contributed by atoms with E-state index in [1.807, 2.05) is 13.8 Å². The number of carboxylic acid groups (broad SMARTS) is 1. The van der Waals surface area contributed by atoms with Crippen molar-refractivity contribution in [1.82, 2.24) is 0 Å². The lowest BCUT2D eigenvalue weighted by Crippen LogP contribution is -2.21. The molecule has 0 fully saturated rings. The minimum absolute atomic E-state index is 0.0749. The van der Waals surface area contributed by atoms with Crippen molar-refractivity contribution in [2.75, 3.05) is 0 Å². The number of carbonyl (C=O) groups is 1. The molecular formula is C8H16O3. The molecular weight excluding hydrogens is 144 g/mol. The summed E-state index contributed by atoms with van der Waals surface area (Å²) in [6.07, 6.45) is 0.967. The van der Waals surface area contributed by atoms with E-state index < -0.39 is 12.1 Å². The second kappa shape index (κ2) is 5.13. The van der Waals surface area contributed by atoms with Crippen LogP contribution in [0.2, 0.25) is 0 Å². The molecule has 0 bridgehead atoms. The van der Waals surface area contributed by atoms with E-state index in [4.69, 9.17) is 5.11 Å². The summed E-state index contributed by atoms with van der Waals surface area (Å²) in [5.74, 6) is -0.915. The maximum absolute atomic E-state index is 10.3. The number of aliphatic carboxylic acids is 1. The van der Waals surface area contributed by atoms with Crippen molar-refractivity contribution in [2.45, 2.75) is 39.2 Å². The fourth-order valence-corrected chi connectivity index (χ4v) is 1.11. The van der Waals surface area contributed by atoms with Gasteiger partial charge in [-0.05, 0) is 12.3 Å². The third-order valence-corrected chi connectivity index (χ3v) is 1.92. The molecule has 2 atom stereocenters. The zero-order chi connectivity index (χ0) is 8.85. The first-order chi connectivity index (χ1) is 5.11. The lowest BCUT2D eigenvalue weighted by molar-refractivity contribution is -0.139. The van der Waals surface area contributed by atoms with Crippen LogP contribution in [0.1, 0.15) is 33.1 Å². The molecule has 0 amide bonds. The van der Waals surface area contributed by atoms with E-state index in [2.05, 4.69) is 0 Å². The van der Waals surface area contributed by atoms with Crippen molar-refractivity contribution in [2.24, 2.45) is 5.92 Å². The molecule has 0 aromatic heterocycles. The Kier molecular flexibility index (Phi) is 4.86. The van der Waals surface area contributed by atoms with Crippen molar-refractivity contribution >= 4 is 5.97 Å². The number of aliphatic hydroxyl groups is 1. The van der Waals surface area contributed by atoms with Crippen molar-refractivity contribution in [1.29, 1.82) is 0 Å². The SMILES string of the molecule is CCC(O)C(CC)CC(=O)O. The molecule has 0 saturated heterocycles. The van der Waals surface area contributed by atoms with Gasteiger partial charge in [0.2, 0.25) is 0 Å². The van der Waals surface area contributed by atoms with Gasteiger partial charge >= 0.3 is 5.97 Å². The topological polar surface area (TPSA) is 57.5 Å². The Morgan fingerprint density at radius 1 is 1.36 bits per heavy atom. The molecule has 66 valence electrons. The number of hydrogen-bond acceptors (Lipinski definition) is 2. The van der Waals surface area contributed by atoms with Gasteiger partial charge in [-0.1, -0.05) is 20.3 Å². The van der Waals surface area contributed by atoms with E-state index in [0.717, 1.165) is 6.42 Å². The van der Waals surface area contributed by atoms with Gasteiger partial charge in [0.05, 0.1) is 12.5 Å². The van der Waals surface area contributed by atoms with Crippen LogP contribution in [0.5, 0.6) is 0 Å². The van der Waals surface area contributed by atoms with E-state index in [1.165, 1.54) is 0 Å². The summed E-state index contributed by atoms with van der Waals surface area (Å²) in [4.78, 5) is 10.3. The Balaban J connectivity index is 3.84. The van der Waals surface area contributed by atoms with Crippen LogP contribution in [0.15, 0.2) is 0 Å². The quantitative estimate of drug-likeness (QED) is 0.636. The normalized spacial score (nSPS) is 15.9. The van der Waals surface area contributed by atoms with Gasteiger partial charge in [-0.2, -0.15) is 0 Å². The predicted octanol–water partition coefficient (Wildman–Crippen LogP) is 1.26. The molecule has 2 unspecified atom stereocenters. The molecule has 0 aromatic rings. The van der Waals surface area contributed by atoms with Crippen molar-refractivity contribution < 1.29 is 15.0 Å². The Morgan fingerprint density at radius 2 is 1.91 bits per heavy atom. The van der Waals surface area contributed by atoms with Crippen LogP contribution in [0, 0.1) is 5.92 Å². The van der Waals surface area contributed by atoms with Crippen molar-refractivity contribution in [3.05, 3.63) is 0 Å². The zero-order valence-electron chi connectivity index (χ0n) is 7.08. The summed E-state index contributed by atoms with van der Waals surface area (Å²) >= 11 is 0. The van der Waals surface area contributed by atoms with Crippen LogP contribution < -0.4 is 0 Å². The Morgan fingerprint density at radius 3 is 2.18 bits per heavy atom. The first-order valence-corrected chi connectivity index (χ1v) is 4.01. The monoisotopic (exact) mass is 160 g/mol. The van der Waals surface area contributed by atoms with E-state index in [1.54, 1.807) is 0 Å². The molecule has 0 rings (SSSR count). The zero-order valence-corrected chi connectivity index (χ0v) is 7.08. The molecule has 0 aliphatic rings. The number of hydrogen-bond donors (Lipinski definition) is 2. The highest BCUT2D eigenvalue weighted by Gasteiger charge is 2.18. The largest absolute Gasteiger partial charge is 0.481 e. The maximum atomic E-state index is 10.3. The average molecular weight is 160 g/mol. The van der Waals surface area contributed by atoms with Crippen molar-refractivity contribution in [3.63, 3.8) is 0 Å². The van der Waals surface area contributed by atoms with Crippen LogP contribution in [0.25, 0.3) is 0 Å². The average Bonchev–Trinajstić information content (AvgIpc) is 1.98. The highest BCUT2D eigenvalue weighted by molar-refractivity contribution is 5.67.